The zero-order chi connectivity index (χ0) is 20.1. The maximum Gasteiger partial charge on any atom is 0.319 e. The Labute approximate surface area is 185 Å². The van der Waals surface area contributed by atoms with Crippen molar-refractivity contribution < 1.29 is 17.9 Å². The molecule has 2 heterocycles. The molecule has 2 aromatic rings. The van der Waals surface area contributed by atoms with E-state index in [4.69, 9.17) is 4.74 Å². The second kappa shape index (κ2) is 10.8. The van der Waals surface area contributed by atoms with Gasteiger partial charge < -0.3 is 15.0 Å². The standard InChI is InChI=1S/C19H24F3N5O.HI/c1-3-23-19(25-10-17-24-8-9-27(17)18(21)22)26-11-13(2)28-16(12-26)14-4-6-15(20)7-5-14;/h4-9,13,16,18H,3,10-12H2,1-2H3,(H,23,25);1H. The summed E-state index contributed by atoms with van der Waals surface area (Å²) in [6, 6.07) is 6.23. The molecule has 2 atom stereocenters. The third kappa shape index (κ3) is 6.08. The molecular formula is C19H25F3IN5O. The number of ether oxygens (including phenoxy) is 1. The molecule has 1 aliphatic rings. The number of guanidine groups is 1. The SMILES string of the molecule is CCNC(=NCc1nccn1C(F)F)N1CC(C)OC(c2ccc(F)cc2)C1.I. The summed E-state index contributed by atoms with van der Waals surface area (Å²) in [5.41, 5.74) is 0.877. The van der Waals surface area contributed by atoms with E-state index < -0.39 is 6.55 Å². The van der Waals surface area contributed by atoms with Crippen LogP contribution in [0.5, 0.6) is 0 Å². The normalized spacial score (nSPS) is 19.9. The van der Waals surface area contributed by atoms with Crippen LogP contribution in [0.15, 0.2) is 41.7 Å². The Morgan fingerprint density at radius 1 is 1.31 bits per heavy atom. The van der Waals surface area contributed by atoms with Crippen LogP contribution in [0.3, 0.4) is 0 Å². The topological polar surface area (TPSA) is 54.7 Å². The van der Waals surface area contributed by atoms with E-state index in [1.807, 2.05) is 18.7 Å². The molecule has 1 fully saturated rings. The van der Waals surface area contributed by atoms with Gasteiger partial charge in [-0.25, -0.2) is 14.4 Å². The Kier molecular flexibility index (Phi) is 8.75. The molecule has 1 aliphatic heterocycles. The zero-order valence-corrected chi connectivity index (χ0v) is 18.6. The summed E-state index contributed by atoms with van der Waals surface area (Å²) in [6.07, 6.45) is 2.27. The van der Waals surface area contributed by atoms with Crippen molar-refractivity contribution in [2.24, 2.45) is 4.99 Å². The molecule has 1 N–H and O–H groups in total. The maximum atomic E-state index is 13.2. The Bertz CT molecular complexity index is 799. The number of morpholine rings is 1. The maximum absolute atomic E-state index is 13.2. The smallest absolute Gasteiger partial charge is 0.319 e. The van der Waals surface area contributed by atoms with E-state index in [9.17, 15) is 13.2 Å². The van der Waals surface area contributed by atoms with E-state index >= 15 is 0 Å². The highest BCUT2D eigenvalue weighted by Gasteiger charge is 2.28. The van der Waals surface area contributed by atoms with Gasteiger partial charge in [0.15, 0.2) is 5.96 Å². The van der Waals surface area contributed by atoms with Gasteiger partial charge in [0.2, 0.25) is 0 Å². The van der Waals surface area contributed by atoms with Crippen LogP contribution in [0.1, 0.15) is 37.9 Å². The highest BCUT2D eigenvalue weighted by molar-refractivity contribution is 14.0. The number of benzene rings is 1. The molecule has 3 rings (SSSR count). The van der Waals surface area contributed by atoms with Crippen LogP contribution in [-0.4, -0.2) is 46.1 Å². The van der Waals surface area contributed by atoms with Gasteiger partial charge in [0.1, 0.15) is 24.3 Å². The molecule has 0 amide bonds. The molecule has 2 unspecified atom stereocenters. The minimum Gasteiger partial charge on any atom is -0.367 e. The Morgan fingerprint density at radius 3 is 2.69 bits per heavy atom. The number of aromatic nitrogens is 2. The van der Waals surface area contributed by atoms with E-state index in [1.165, 1.54) is 24.5 Å². The van der Waals surface area contributed by atoms with Gasteiger partial charge in [-0.3, -0.25) is 4.57 Å². The minimum atomic E-state index is -2.65. The third-order valence-electron chi connectivity index (χ3n) is 4.47. The molecule has 0 aliphatic carbocycles. The van der Waals surface area contributed by atoms with Crippen molar-refractivity contribution in [1.29, 1.82) is 0 Å². The Morgan fingerprint density at radius 2 is 2.03 bits per heavy atom. The molecule has 1 aromatic carbocycles. The van der Waals surface area contributed by atoms with Gasteiger partial charge in [-0.2, -0.15) is 8.78 Å². The Hall–Kier alpha value is -1.82. The molecule has 0 spiro atoms. The minimum absolute atomic E-state index is 0. The largest absolute Gasteiger partial charge is 0.367 e. The molecule has 0 radical (unpaired) electrons. The number of hydrogen-bond acceptors (Lipinski definition) is 3. The predicted molar refractivity (Wildman–Crippen MR) is 115 cm³/mol. The van der Waals surface area contributed by atoms with E-state index in [1.54, 1.807) is 12.1 Å². The molecule has 0 saturated carbocycles. The predicted octanol–water partition coefficient (Wildman–Crippen LogP) is 3.96. The van der Waals surface area contributed by atoms with Gasteiger partial charge in [-0.15, -0.1) is 24.0 Å². The van der Waals surface area contributed by atoms with Crippen LogP contribution in [-0.2, 0) is 11.3 Å². The molecule has 6 nitrogen and oxygen atoms in total. The molecule has 10 heteroatoms. The number of halogens is 4. The number of nitrogens with zero attached hydrogens (tertiary/aromatic N) is 4. The summed E-state index contributed by atoms with van der Waals surface area (Å²) >= 11 is 0. The van der Waals surface area contributed by atoms with Gasteiger partial charge in [-0.1, -0.05) is 12.1 Å². The van der Waals surface area contributed by atoms with Crippen LogP contribution in [0.25, 0.3) is 0 Å². The van der Waals surface area contributed by atoms with Crippen LogP contribution in [0, 0.1) is 5.82 Å². The molecule has 0 bridgehead atoms. The fourth-order valence-electron chi connectivity index (χ4n) is 3.20. The van der Waals surface area contributed by atoms with E-state index in [0.29, 0.717) is 25.6 Å². The molecule has 29 heavy (non-hydrogen) atoms. The van der Waals surface area contributed by atoms with Crippen molar-refractivity contribution in [3.8, 4) is 0 Å². The highest BCUT2D eigenvalue weighted by atomic mass is 127. The van der Waals surface area contributed by atoms with Crippen molar-refractivity contribution in [3.63, 3.8) is 0 Å². The third-order valence-corrected chi connectivity index (χ3v) is 4.47. The summed E-state index contributed by atoms with van der Waals surface area (Å²) in [5, 5.41) is 3.20. The van der Waals surface area contributed by atoms with Crippen LogP contribution < -0.4 is 5.32 Å². The first kappa shape index (κ1) is 23.5. The number of hydrogen-bond donors (Lipinski definition) is 1. The van der Waals surface area contributed by atoms with Gasteiger partial charge in [-0.05, 0) is 31.5 Å². The van der Waals surface area contributed by atoms with Crippen LogP contribution in [0.2, 0.25) is 0 Å². The summed E-state index contributed by atoms with van der Waals surface area (Å²) in [5.74, 6) is 0.504. The monoisotopic (exact) mass is 523 g/mol. The number of imidazole rings is 1. The van der Waals surface area contributed by atoms with Crippen molar-refractivity contribution in [2.45, 2.75) is 39.1 Å². The summed E-state index contributed by atoms with van der Waals surface area (Å²) in [6.45, 7) is 3.04. The average Bonchev–Trinajstić information content (AvgIpc) is 3.14. The number of rotatable bonds is 5. The van der Waals surface area contributed by atoms with E-state index in [2.05, 4.69) is 15.3 Å². The first-order valence-corrected chi connectivity index (χ1v) is 9.22. The van der Waals surface area contributed by atoms with Crippen LogP contribution in [0.4, 0.5) is 13.2 Å². The highest BCUT2D eigenvalue weighted by Crippen LogP contribution is 2.25. The van der Waals surface area contributed by atoms with Gasteiger partial charge in [0, 0.05) is 25.5 Å². The molecule has 1 aromatic heterocycles. The lowest BCUT2D eigenvalue weighted by Crippen LogP contribution is -2.50. The lowest BCUT2D eigenvalue weighted by atomic mass is 10.1. The van der Waals surface area contributed by atoms with Crippen molar-refractivity contribution in [3.05, 3.63) is 53.9 Å². The summed E-state index contributed by atoms with van der Waals surface area (Å²) in [7, 11) is 0. The molecule has 1 saturated heterocycles. The molecular weight excluding hydrogens is 498 g/mol. The lowest BCUT2D eigenvalue weighted by molar-refractivity contribution is -0.0605. The van der Waals surface area contributed by atoms with Crippen molar-refractivity contribution in [1.82, 2.24) is 19.8 Å². The van der Waals surface area contributed by atoms with Gasteiger partial charge >= 0.3 is 6.55 Å². The zero-order valence-electron chi connectivity index (χ0n) is 16.3. The summed E-state index contributed by atoms with van der Waals surface area (Å²) < 4.78 is 46.1. The Balaban J connectivity index is 0.00000300. The fraction of sp³-hybridized carbons (Fsp3) is 0.474. The fourth-order valence-corrected chi connectivity index (χ4v) is 3.20. The first-order valence-electron chi connectivity index (χ1n) is 9.22. The quantitative estimate of drug-likeness (QED) is 0.367. The van der Waals surface area contributed by atoms with E-state index in [-0.39, 0.29) is 54.4 Å². The second-order valence-corrected chi connectivity index (χ2v) is 6.59. The second-order valence-electron chi connectivity index (χ2n) is 6.59. The van der Waals surface area contributed by atoms with E-state index in [0.717, 1.165) is 10.1 Å². The number of aliphatic imine (C=N–C) groups is 1. The number of alkyl halides is 2. The van der Waals surface area contributed by atoms with Crippen LogP contribution >= 0.6 is 24.0 Å². The number of nitrogens with one attached hydrogen (secondary N) is 1. The lowest BCUT2D eigenvalue weighted by Gasteiger charge is -2.38. The first-order chi connectivity index (χ1) is 13.5. The average molecular weight is 523 g/mol. The van der Waals surface area contributed by atoms with Crippen molar-refractivity contribution >= 4 is 29.9 Å². The summed E-state index contributed by atoms with van der Waals surface area (Å²) in [4.78, 5) is 10.5. The van der Waals surface area contributed by atoms with Gasteiger partial charge in [0.05, 0.1) is 12.6 Å². The van der Waals surface area contributed by atoms with Gasteiger partial charge in [0.25, 0.3) is 0 Å². The molecule has 160 valence electrons. The van der Waals surface area contributed by atoms with Crippen molar-refractivity contribution in [2.75, 3.05) is 19.6 Å².